The fourth-order valence-electron chi connectivity index (χ4n) is 1.66. The van der Waals surface area contributed by atoms with Crippen LogP contribution in [-0.2, 0) is 11.3 Å². The molecule has 2 rings (SSSR count). The van der Waals surface area contributed by atoms with Crippen molar-refractivity contribution in [2.75, 3.05) is 0 Å². The number of aliphatic carboxylic acids is 1. The molecule has 0 saturated carbocycles. The zero-order valence-corrected chi connectivity index (χ0v) is 11.3. The molecule has 2 aromatic rings. The third-order valence-electron chi connectivity index (χ3n) is 2.58. The number of carbonyl (C=O) groups is 1. The molecule has 1 atom stereocenters. The van der Waals surface area contributed by atoms with E-state index < -0.39 is 17.8 Å². The van der Waals surface area contributed by atoms with Gasteiger partial charge in [0.05, 0.1) is 5.02 Å². The molecular weight excluding hydrogens is 289 g/mol. The zero-order chi connectivity index (χ0) is 13.8. The van der Waals surface area contributed by atoms with Crippen LogP contribution in [-0.4, -0.2) is 11.1 Å². The largest absolute Gasteiger partial charge is 0.480 e. The molecule has 0 aliphatic rings. The number of hydrogen-bond acceptors (Lipinski definition) is 3. The quantitative estimate of drug-likeness (QED) is 0.889. The maximum absolute atomic E-state index is 13.1. The molecule has 1 heterocycles. The maximum Gasteiger partial charge on any atom is 0.325 e. The van der Waals surface area contributed by atoms with Crippen molar-refractivity contribution in [3.8, 4) is 0 Å². The van der Waals surface area contributed by atoms with E-state index in [-0.39, 0.29) is 5.02 Å². The molecular formula is C13H11ClFNO2S. The van der Waals surface area contributed by atoms with Crippen LogP contribution in [0, 0.1) is 5.82 Å². The Balaban J connectivity index is 2.15. The molecule has 1 aromatic heterocycles. The van der Waals surface area contributed by atoms with E-state index in [1.54, 1.807) is 0 Å². The second-order valence-corrected chi connectivity index (χ2v) is 5.34. The Bertz CT molecular complexity index is 574. The van der Waals surface area contributed by atoms with Crippen LogP contribution < -0.4 is 5.32 Å². The van der Waals surface area contributed by atoms with Crippen LogP contribution in [0.15, 0.2) is 35.7 Å². The highest BCUT2D eigenvalue weighted by atomic mass is 35.5. The maximum atomic E-state index is 13.1. The van der Waals surface area contributed by atoms with Gasteiger partial charge in [-0.3, -0.25) is 10.1 Å². The second-order valence-electron chi connectivity index (χ2n) is 3.91. The molecule has 0 aliphatic carbocycles. The summed E-state index contributed by atoms with van der Waals surface area (Å²) in [5.74, 6) is -1.59. The highest BCUT2D eigenvalue weighted by Crippen LogP contribution is 2.22. The minimum Gasteiger partial charge on any atom is -0.480 e. The number of hydrogen-bond donors (Lipinski definition) is 2. The molecule has 1 aromatic carbocycles. The Hall–Kier alpha value is -1.43. The summed E-state index contributed by atoms with van der Waals surface area (Å²) in [4.78, 5) is 12.3. The van der Waals surface area contributed by atoms with E-state index in [0.29, 0.717) is 12.1 Å². The van der Waals surface area contributed by atoms with Crippen LogP contribution in [0.2, 0.25) is 5.02 Å². The van der Waals surface area contributed by atoms with Crippen LogP contribution in [0.5, 0.6) is 0 Å². The minimum atomic E-state index is -1.03. The van der Waals surface area contributed by atoms with Crippen LogP contribution in [0.4, 0.5) is 4.39 Å². The van der Waals surface area contributed by atoms with Crippen molar-refractivity contribution >= 4 is 28.9 Å². The van der Waals surface area contributed by atoms with E-state index in [1.165, 1.54) is 29.5 Å². The first-order chi connectivity index (χ1) is 9.08. The van der Waals surface area contributed by atoms with Gasteiger partial charge in [-0.1, -0.05) is 23.7 Å². The van der Waals surface area contributed by atoms with Gasteiger partial charge in [0.25, 0.3) is 0 Å². The lowest BCUT2D eigenvalue weighted by Gasteiger charge is -2.14. The number of carboxylic acids is 1. The summed E-state index contributed by atoms with van der Waals surface area (Å²) >= 11 is 7.20. The molecule has 100 valence electrons. The van der Waals surface area contributed by atoms with Gasteiger partial charge in [0.1, 0.15) is 11.9 Å². The van der Waals surface area contributed by atoms with Crippen molar-refractivity contribution in [3.05, 3.63) is 57.0 Å². The van der Waals surface area contributed by atoms with Crippen LogP contribution in [0.1, 0.15) is 16.5 Å². The fraction of sp³-hybridized carbons (Fsp3) is 0.154. The molecule has 6 heteroatoms. The monoisotopic (exact) mass is 299 g/mol. The van der Waals surface area contributed by atoms with Gasteiger partial charge in [0.15, 0.2) is 0 Å². The smallest absolute Gasteiger partial charge is 0.325 e. The Morgan fingerprint density at radius 1 is 1.47 bits per heavy atom. The lowest BCUT2D eigenvalue weighted by molar-refractivity contribution is -0.139. The molecule has 0 aliphatic heterocycles. The minimum absolute atomic E-state index is 0.0818. The third-order valence-corrected chi connectivity index (χ3v) is 3.75. The lowest BCUT2D eigenvalue weighted by Crippen LogP contribution is -2.27. The van der Waals surface area contributed by atoms with Crippen LogP contribution in [0.25, 0.3) is 0 Å². The standard InChI is InChI=1S/C13H11ClFNO2S/c14-10-6-8(3-4-11(10)15)12(13(17)18)16-7-9-2-1-5-19-9/h1-6,12,16H,7H2,(H,17,18). The lowest BCUT2D eigenvalue weighted by atomic mass is 10.1. The predicted molar refractivity (Wildman–Crippen MR) is 72.9 cm³/mol. The number of carboxylic acid groups (broad SMARTS) is 1. The highest BCUT2D eigenvalue weighted by Gasteiger charge is 2.20. The SMILES string of the molecule is O=C(O)C(NCc1cccs1)c1ccc(F)c(Cl)c1. The number of thiophene rings is 1. The highest BCUT2D eigenvalue weighted by molar-refractivity contribution is 7.09. The second kappa shape index (κ2) is 6.14. The first kappa shape index (κ1) is 14.0. The van der Waals surface area contributed by atoms with Gasteiger partial charge in [0, 0.05) is 11.4 Å². The molecule has 1 unspecified atom stereocenters. The predicted octanol–water partition coefficient (Wildman–Crippen LogP) is 3.46. The van der Waals surface area contributed by atoms with Gasteiger partial charge < -0.3 is 5.11 Å². The summed E-state index contributed by atoms with van der Waals surface area (Å²) in [5, 5.41) is 14.0. The van der Waals surface area contributed by atoms with Crippen LogP contribution in [0.3, 0.4) is 0 Å². The average molecular weight is 300 g/mol. The van der Waals surface area contributed by atoms with Crippen molar-refractivity contribution in [2.24, 2.45) is 0 Å². The normalized spacial score (nSPS) is 12.3. The Morgan fingerprint density at radius 3 is 2.84 bits per heavy atom. The summed E-state index contributed by atoms with van der Waals surface area (Å²) in [7, 11) is 0. The van der Waals surface area contributed by atoms with Gasteiger partial charge in [-0.2, -0.15) is 0 Å². The summed E-state index contributed by atoms with van der Waals surface area (Å²) < 4.78 is 13.1. The van der Waals surface area contributed by atoms with Gasteiger partial charge in [-0.05, 0) is 29.1 Å². The van der Waals surface area contributed by atoms with Crippen molar-refractivity contribution in [1.82, 2.24) is 5.32 Å². The van der Waals surface area contributed by atoms with E-state index in [2.05, 4.69) is 5.32 Å². The summed E-state index contributed by atoms with van der Waals surface area (Å²) in [6.07, 6.45) is 0. The first-order valence-electron chi connectivity index (χ1n) is 5.51. The van der Waals surface area contributed by atoms with E-state index >= 15 is 0 Å². The van der Waals surface area contributed by atoms with Gasteiger partial charge in [-0.15, -0.1) is 11.3 Å². The molecule has 0 radical (unpaired) electrons. The van der Waals surface area contributed by atoms with E-state index in [9.17, 15) is 14.3 Å². The van der Waals surface area contributed by atoms with Crippen LogP contribution >= 0.6 is 22.9 Å². The van der Waals surface area contributed by atoms with Gasteiger partial charge in [-0.25, -0.2) is 4.39 Å². The topological polar surface area (TPSA) is 49.3 Å². The van der Waals surface area contributed by atoms with Gasteiger partial charge >= 0.3 is 5.97 Å². The van der Waals surface area contributed by atoms with Gasteiger partial charge in [0.2, 0.25) is 0 Å². The summed E-state index contributed by atoms with van der Waals surface area (Å²) in [6.45, 7) is 0.434. The summed E-state index contributed by atoms with van der Waals surface area (Å²) in [5.41, 5.74) is 0.426. The molecule has 0 fully saturated rings. The Labute approximate surface area is 118 Å². The fourth-order valence-corrected chi connectivity index (χ4v) is 2.50. The van der Waals surface area contributed by atoms with Crippen molar-refractivity contribution in [2.45, 2.75) is 12.6 Å². The van der Waals surface area contributed by atoms with Crippen molar-refractivity contribution < 1.29 is 14.3 Å². The third kappa shape index (κ3) is 3.53. The first-order valence-corrected chi connectivity index (χ1v) is 6.77. The molecule has 3 nitrogen and oxygen atoms in total. The number of halogens is 2. The molecule has 0 saturated heterocycles. The van der Waals surface area contributed by atoms with Crippen molar-refractivity contribution in [3.63, 3.8) is 0 Å². The van der Waals surface area contributed by atoms with E-state index in [0.717, 1.165) is 4.88 Å². The number of nitrogens with one attached hydrogen (secondary N) is 1. The van der Waals surface area contributed by atoms with E-state index in [4.69, 9.17) is 11.6 Å². The van der Waals surface area contributed by atoms with E-state index in [1.807, 2.05) is 17.5 Å². The molecule has 0 amide bonds. The number of benzene rings is 1. The molecule has 0 bridgehead atoms. The molecule has 19 heavy (non-hydrogen) atoms. The zero-order valence-electron chi connectivity index (χ0n) is 9.77. The van der Waals surface area contributed by atoms with Crippen molar-refractivity contribution in [1.29, 1.82) is 0 Å². The Morgan fingerprint density at radius 2 is 2.26 bits per heavy atom. The molecule has 2 N–H and O–H groups in total. The molecule has 0 spiro atoms. The Kier molecular flexibility index (Phi) is 4.52. The summed E-state index contributed by atoms with van der Waals surface area (Å²) in [6, 6.07) is 6.81. The number of rotatable bonds is 5. The average Bonchev–Trinajstić information content (AvgIpc) is 2.86.